The van der Waals surface area contributed by atoms with Gasteiger partial charge in [0.1, 0.15) is 12.3 Å². The molecule has 106 valence electrons. The van der Waals surface area contributed by atoms with Crippen LogP contribution >= 0.6 is 0 Å². The Balaban J connectivity index is 2.08. The quantitative estimate of drug-likeness (QED) is 0.638. The van der Waals surface area contributed by atoms with Gasteiger partial charge in [-0.25, -0.2) is 4.98 Å². The maximum atomic E-state index is 12.3. The van der Waals surface area contributed by atoms with E-state index in [-0.39, 0.29) is 18.6 Å². The highest BCUT2D eigenvalue weighted by Gasteiger charge is 2.18. The second kappa shape index (κ2) is 7.66. The van der Waals surface area contributed by atoms with Crippen molar-refractivity contribution in [2.24, 2.45) is 0 Å². The average Bonchev–Trinajstić information content (AvgIpc) is 2.74. The number of hydrogen-bond acceptors (Lipinski definition) is 3. The molecule has 0 aliphatic heterocycles. The van der Waals surface area contributed by atoms with Crippen LogP contribution in [0.4, 0.5) is 0 Å². The molecule has 1 aliphatic carbocycles. The topological polar surface area (TPSA) is 62.2 Å². The number of carbonyl (C=O) groups is 1. The third-order valence-corrected chi connectivity index (χ3v) is 3.52. The predicted octanol–water partition coefficient (Wildman–Crippen LogP) is 1.88. The number of rotatable bonds is 2. The van der Waals surface area contributed by atoms with Crippen molar-refractivity contribution in [1.82, 2.24) is 10.3 Å². The molecule has 1 aromatic rings. The van der Waals surface area contributed by atoms with Crippen LogP contribution < -0.4 is 5.32 Å². The number of aliphatic hydroxyl groups is 1. The molecule has 1 aromatic heterocycles. The lowest BCUT2D eigenvalue weighted by atomic mass is 10.1. The molecule has 0 saturated heterocycles. The van der Waals surface area contributed by atoms with Gasteiger partial charge in [0.2, 0.25) is 0 Å². The van der Waals surface area contributed by atoms with Gasteiger partial charge in [0.15, 0.2) is 0 Å². The molecule has 2 N–H and O–H groups in total. The van der Waals surface area contributed by atoms with Crippen LogP contribution in [0.1, 0.15) is 54.6 Å². The van der Waals surface area contributed by atoms with Crippen LogP contribution in [0.15, 0.2) is 18.3 Å². The molecule has 1 heterocycles. The second-order valence-corrected chi connectivity index (χ2v) is 5.02. The van der Waals surface area contributed by atoms with E-state index < -0.39 is 0 Å². The summed E-state index contributed by atoms with van der Waals surface area (Å²) in [5.41, 5.74) is 0.908. The van der Waals surface area contributed by atoms with Crippen molar-refractivity contribution in [3.05, 3.63) is 29.6 Å². The number of aromatic nitrogens is 1. The van der Waals surface area contributed by atoms with Crippen LogP contribution in [0.25, 0.3) is 0 Å². The summed E-state index contributed by atoms with van der Waals surface area (Å²) in [4.78, 5) is 16.4. The van der Waals surface area contributed by atoms with Crippen molar-refractivity contribution in [3.63, 3.8) is 0 Å². The Hall–Kier alpha value is -1.86. The zero-order valence-corrected chi connectivity index (χ0v) is 11.6. The molecule has 1 saturated carbocycles. The lowest BCUT2D eigenvalue weighted by Gasteiger charge is -2.16. The first-order valence-electron chi connectivity index (χ1n) is 7.17. The fraction of sp³-hybridized carbons (Fsp3) is 0.500. The summed E-state index contributed by atoms with van der Waals surface area (Å²) < 4.78 is 0. The van der Waals surface area contributed by atoms with Gasteiger partial charge in [0.05, 0.1) is 5.56 Å². The van der Waals surface area contributed by atoms with Crippen molar-refractivity contribution >= 4 is 5.91 Å². The van der Waals surface area contributed by atoms with Crippen molar-refractivity contribution in [3.8, 4) is 11.8 Å². The van der Waals surface area contributed by atoms with Crippen LogP contribution in [-0.4, -0.2) is 28.6 Å². The molecule has 0 spiro atoms. The standard InChI is InChI=1S/C16H20N2O2/c19-12-6-8-13-7-5-11-17-15(13)16(20)18-14-9-3-1-2-4-10-14/h5,7,11,14,19H,1-4,9-10,12H2,(H,18,20). The van der Waals surface area contributed by atoms with Gasteiger partial charge in [-0.1, -0.05) is 37.5 Å². The molecule has 1 amide bonds. The molecule has 0 unspecified atom stereocenters. The Kier molecular flexibility index (Phi) is 5.57. The number of hydrogen-bond donors (Lipinski definition) is 2. The van der Waals surface area contributed by atoms with Crippen LogP contribution in [0.5, 0.6) is 0 Å². The van der Waals surface area contributed by atoms with Crippen molar-refractivity contribution in [1.29, 1.82) is 0 Å². The molecule has 0 atom stereocenters. The largest absolute Gasteiger partial charge is 0.384 e. The molecular formula is C16H20N2O2. The van der Waals surface area contributed by atoms with Crippen molar-refractivity contribution in [2.75, 3.05) is 6.61 Å². The highest BCUT2D eigenvalue weighted by molar-refractivity contribution is 5.94. The summed E-state index contributed by atoms with van der Waals surface area (Å²) in [7, 11) is 0. The van der Waals surface area contributed by atoms with E-state index in [0.29, 0.717) is 11.3 Å². The normalized spacial score (nSPS) is 15.8. The van der Waals surface area contributed by atoms with E-state index in [4.69, 9.17) is 5.11 Å². The van der Waals surface area contributed by atoms with Crippen LogP contribution in [0.2, 0.25) is 0 Å². The highest BCUT2D eigenvalue weighted by atomic mass is 16.2. The predicted molar refractivity (Wildman–Crippen MR) is 77.2 cm³/mol. The number of nitrogens with one attached hydrogen (secondary N) is 1. The molecule has 0 aromatic carbocycles. The van der Waals surface area contributed by atoms with Gasteiger partial charge in [0.25, 0.3) is 5.91 Å². The van der Waals surface area contributed by atoms with Crippen molar-refractivity contribution in [2.45, 2.75) is 44.6 Å². The minimum Gasteiger partial charge on any atom is -0.384 e. The van der Waals surface area contributed by atoms with Gasteiger partial charge in [-0.2, -0.15) is 0 Å². The number of carbonyl (C=O) groups excluding carboxylic acids is 1. The van der Waals surface area contributed by atoms with E-state index in [9.17, 15) is 4.79 Å². The maximum absolute atomic E-state index is 12.3. The van der Waals surface area contributed by atoms with Crippen LogP contribution in [-0.2, 0) is 0 Å². The smallest absolute Gasteiger partial charge is 0.271 e. The van der Waals surface area contributed by atoms with E-state index in [0.717, 1.165) is 12.8 Å². The van der Waals surface area contributed by atoms with Gasteiger partial charge in [-0.3, -0.25) is 4.79 Å². The average molecular weight is 272 g/mol. The Labute approximate surface area is 119 Å². The molecule has 1 aliphatic rings. The summed E-state index contributed by atoms with van der Waals surface area (Å²) in [5.74, 6) is 5.16. The highest BCUT2D eigenvalue weighted by Crippen LogP contribution is 2.17. The fourth-order valence-corrected chi connectivity index (χ4v) is 2.50. The zero-order chi connectivity index (χ0) is 14.2. The fourth-order valence-electron chi connectivity index (χ4n) is 2.50. The SMILES string of the molecule is O=C(NC1CCCCCC1)c1ncccc1C#CCO. The molecule has 4 heteroatoms. The van der Waals surface area contributed by atoms with E-state index >= 15 is 0 Å². The van der Waals surface area contributed by atoms with Crippen LogP contribution in [0, 0.1) is 11.8 Å². The van der Waals surface area contributed by atoms with Crippen molar-refractivity contribution < 1.29 is 9.90 Å². The zero-order valence-electron chi connectivity index (χ0n) is 11.6. The van der Waals surface area contributed by atoms with Gasteiger partial charge >= 0.3 is 0 Å². The molecule has 4 nitrogen and oxygen atoms in total. The lowest BCUT2D eigenvalue weighted by Crippen LogP contribution is -2.35. The first-order chi connectivity index (χ1) is 9.81. The minimum absolute atomic E-state index is 0.167. The summed E-state index contributed by atoms with van der Waals surface area (Å²) in [6, 6.07) is 3.73. The van der Waals surface area contributed by atoms with E-state index in [1.807, 2.05) is 0 Å². The maximum Gasteiger partial charge on any atom is 0.271 e. The molecule has 20 heavy (non-hydrogen) atoms. The monoisotopic (exact) mass is 272 g/mol. The molecule has 0 bridgehead atoms. The third-order valence-electron chi connectivity index (χ3n) is 3.52. The van der Waals surface area contributed by atoms with Gasteiger partial charge in [-0.05, 0) is 25.0 Å². The summed E-state index contributed by atoms with van der Waals surface area (Å²) >= 11 is 0. The van der Waals surface area contributed by atoms with Gasteiger partial charge in [0, 0.05) is 12.2 Å². The number of pyridine rings is 1. The Morgan fingerprint density at radius 3 is 2.80 bits per heavy atom. The summed E-state index contributed by atoms with van der Waals surface area (Å²) in [6.45, 7) is -0.224. The second-order valence-electron chi connectivity index (χ2n) is 5.02. The summed E-state index contributed by atoms with van der Waals surface area (Å²) in [6.07, 6.45) is 8.51. The van der Waals surface area contributed by atoms with E-state index in [2.05, 4.69) is 22.1 Å². The molecule has 2 rings (SSSR count). The Bertz CT molecular complexity index is 509. The van der Waals surface area contributed by atoms with Crippen LogP contribution in [0.3, 0.4) is 0 Å². The first kappa shape index (κ1) is 14.5. The lowest BCUT2D eigenvalue weighted by molar-refractivity contribution is 0.0928. The minimum atomic E-state index is -0.224. The van der Waals surface area contributed by atoms with E-state index in [1.165, 1.54) is 25.7 Å². The third kappa shape index (κ3) is 4.07. The molecular weight excluding hydrogens is 252 g/mol. The molecule has 0 radical (unpaired) electrons. The van der Waals surface area contributed by atoms with Gasteiger partial charge < -0.3 is 10.4 Å². The number of aliphatic hydroxyl groups excluding tert-OH is 1. The Morgan fingerprint density at radius 2 is 2.10 bits per heavy atom. The van der Waals surface area contributed by atoms with E-state index in [1.54, 1.807) is 18.3 Å². The first-order valence-corrected chi connectivity index (χ1v) is 7.17. The van der Waals surface area contributed by atoms with Gasteiger partial charge in [-0.15, -0.1) is 0 Å². The molecule has 1 fully saturated rings. The number of nitrogens with zero attached hydrogens (tertiary/aromatic N) is 1. The number of amides is 1. The Morgan fingerprint density at radius 1 is 1.35 bits per heavy atom. The summed E-state index contributed by atoms with van der Waals surface area (Å²) in [5, 5.41) is 11.8.